The minimum absolute atomic E-state index is 0.283. The van der Waals surface area contributed by atoms with E-state index in [1.165, 1.54) is 0 Å². The van der Waals surface area contributed by atoms with Gasteiger partial charge < -0.3 is 14.5 Å². The number of para-hydroxylation sites is 2. The lowest BCUT2D eigenvalue weighted by Gasteiger charge is -2.10. The molecule has 2 N–H and O–H groups in total. The summed E-state index contributed by atoms with van der Waals surface area (Å²) in [5.41, 5.74) is 1.36. The molecule has 0 unspecified atom stereocenters. The Morgan fingerprint density at radius 1 is 1.16 bits per heavy atom. The number of hydrogen-bond donors (Lipinski definition) is 2. The Kier molecular flexibility index (Phi) is 3.66. The monoisotopic (exact) mass is 334 g/mol. The van der Waals surface area contributed by atoms with E-state index in [-0.39, 0.29) is 11.5 Å². The zero-order chi connectivity index (χ0) is 17.2. The Bertz CT molecular complexity index is 1090. The molecule has 0 aliphatic heterocycles. The number of ether oxygens (including phenoxy) is 1. The van der Waals surface area contributed by atoms with E-state index in [2.05, 4.69) is 20.3 Å². The molecule has 7 heteroatoms. The van der Waals surface area contributed by atoms with Gasteiger partial charge in [-0.25, -0.2) is 4.98 Å². The molecule has 0 spiro atoms. The fourth-order valence-electron chi connectivity index (χ4n) is 2.64. The van der Waals surface area contributed by atoms with Gasteiger partial charge in [-0.3, -0.25) is 9.78 Å². The molecule has 0 amide bonds. The summed E-state index contributed by atoms with van der Waals surface area (Å²) in [6.07, 6.45) is 3.15. The summed E-state index contributed by atoms with van der Waals surface area (Å²) in [7, 11) is 1.58. The number of fused-ring (bicyclic) bond motifs is 1. The van der Waals surface area contributed by atoms with Crippen molar-refractivity contribution >= 4 is 22.7 Å². The minimum atomic E-state index is -0.304. The number of nitrogens with zero attached hydrogens (tertiary/aromatic N) is 2. The quantitative estimate of drug-likeness (QED) is 0.594. The third kappa shape index (κ3) is 2.72. The number of methoxy groups -OCH3 is 1. The number of hydrogen-bond acceptors (Lipinski definition) is 6. The van der Waals surface area contributed by atoms with Crippen LogP contribution in [0.4, 0.5) is 11.6 Å². The van der Waals surface area contributed by atoms with Gasteiger partial charge in [-0.05, 0) is 30.3 Å². The molecule has 0 fully saturated rings. The highest BCUT2D eigenvalue weighted by atomic mass is 16.5. The molecule has 124 valence electrons. The van der Waals surface area contributed by atoms with Crippen LogP contribution in [-0.4, -0.2) is 22.1 Å². The number of rotatable bonds is 4. The van der Waals surface area contributed by atoms with Gasteiger partial charge in [0.25, 0.3) is 5.56 Å². The standard InChI is InChI=1S/C18H14N4O3/c1-24-14-6-3-2-5-12(14)20-18-21-16-15(17(23)22-18)11(8-9-19-16)13-7-4-10-25-13/h2-10H,1H3,(H2,19,20,21,22,23). The molecule has 0 radical (unpaired) electrons. The highest BCUT2D eigenvalue weighted by molar-refractivity contribution is 5.90. The van der Waals surface area contributed by atoms with E-state index in [9.17, 15) is 4.79 Å². The lowest BCUT2D eigenvalue weighted by atomic mass is 10.1. The van der Waals surface area contributed by atoms with Crippen LogP contribution in [0.1, 0.15) is 0 Å². The molecule has 0 aliphatic carbocycles. The Hall–Kier alpha value is -3.61. The zero-order valence-corrected chi connectivity index (χ0v) is 13.3. The molecule has 7 nitrogen and oxygen atoms in total. The van der Waals surface area contributed by atoms with E-state index in [1.807, 2.05) is 24.3 Å². The van der Waals surface area contributed by atoms with E-state index in [0.717, 1.165) is 0 Å². The zero-order valence-electron chi connectivity index (χ0n) is 13.3. The molecule has 4 aromatic rings. The molecule has 1 aromatic carbocycles. The number of H-pyrrole nitrogens is 1. The summed E-state index contributed by atoms with van der Waals surface area (Å²) in [6.45, 7) is 0. The first kappa shape index (κ1) is 14.9. The van der Waals surface area contributed by atoms with Gasteiger partial charge in [-0.1, -0.05) is 12.1 Å². The Balaban J connectivity index is 1.82. The first-order chi connectivity index (χ1) is 12.3. The maximum Gasteiger partial charge on any atom is 0.262 e. The average molecular weight is 334 g/mol. The largest absolute Gasteiger partial charge is 0.495 e. The average Bonchev–Trinajstić information content (AvgIpc) is 3.16. The van der Waals surface area contributed by atoms with Gasteiger partial charge in [0.05, 0.1) is 24.4 Å². The molecule has 3 aromatic heterocycles. The smallest absolute Gasteiger partial charge is 0.262 e. The van der Waals surface area contributed by atoms with Crippen molar-refractivity contribution in [2.75, 3.05) is 12.4 Å². The topological polar surface area (TPSA) is 93.0 Å². The normalized spacial score (nSPS) is 10.8. The molecular formula is C18H14N4O3. The lowest BCUT2D eigenvalue weighted by molar-refractivity contribution is 0.417. The predicted octanol–water partition coefficient (Wildman–Crippen LogP) is 3.33. The molecule has 0 aliphatic rings. The second-order valence-corrected chi connectivity index (χ2v) is 5.27. The molecule has 3 heterocycles. The molecule has 0 saturated heterocycles. The van der Waals surface area contributed by atoms with Crippen molar-refractivity contribution in [3.05, 3.63) is 65.3 Å². The van der Waals surface area contributed by atoms with Gasteiger partial charge in [0, 0.05) is 11.8 Å². The summed E-state index contributed by atoms with van der Waals surface area (Å²) in [5.74, 6) is 1.51. The number of aromatic amines is 1. The van der Waals surface area contributed by atoms with Crippen LogP contribution >= 0.6 is 0 Å². The molecule has 0 bridgehead atoms. The summed E-state index contributed by atoms with van der Waals surface area (Å²) in [4.78, 5) is 24.0. The van der Waals surface area contributed by atoms with E-state index >= 15 is 0 Å². The van der Waals surface area contributed by atoms with Crippen LogP contribution in [0.15, 0.2) is 64.1 Å². The summed E-state index contributed by atoms with van der Waals surface area (Å²) >= 11 is 0. The number of nitrogens with one attached hydrogen (secondary N) is 2. The van der Waals surface area contributed by atoms with Gasteiger partial charge in [-0.15, -0.1) is 0 Å². The number of furan rings is 1. The van der Waals surface area contributed by atoms with Crippen molar-refractivity contribution < 1.29 is 9.15 Å². The Morgan fingerprint density at radius 3 is 2.84 bits per heavy atom. The highest BCUT2D eigenvalue weighted by Gasteiger charge is 2.13. The van der Waals surface area contributed by atoms with Crippen LogP contribution in [0.2, 0.25) is 0 Å². The summed E-state index contributed by atoms with van der Waals surface area (Å²) in [5, 5.41) is 3.43. The van der Waals surface area contributed by atoms with Gasteiger partial charge in [0.1, 0.15) is 11.5 Å². The van der Waals surface area contributed by atoms with E-state index in [1.54, 1.807) is 37.8 Å². The van der Waals surface area contributed by atoms with Gasteiger partial charge in [0.15, 0.2) is 5.65 Å². The number of aromatic nitrogens is 3. The van der Waals surface area contributed by atoms with E-state index in [4.69, 9.17) is 9.15 Å². The number of anilines is 2. The summed E-state index contributed by atoms with van der Waals surface area (Å²) < 4.78 is 10.7. The van der Waals surface area contributed by atoms with E-state index < -0.39 is 0 Å². The van der Waals surface area contributed by atoms with Gasteiger partial charge in [-0.2, -0.15) is 4.98 Å². The third-order valence-electron chi connectivity index (χ3n) is 3.75. The summed E-state index contributed by atoms with van der Waals surface area (Å²) in [6, 6.07) is 12.6. The van der Waals surface area contributed by atoms with Crippen molar-refractivity contribution in [2.24, 2.45) is 0 Å². The van der Waals surface area contributed by atoms with Gasteiger partial charge >= 0.3 is 0 Å². The Labute approximate surface area is 142 Å². The molecular weight excluding hydrogens is 320 g/mol. The van der Waals surface area contributed by atoms with E-state index in [0.29, 0.717) is 33.8 Å². The maximum absolute atomic E-state index is 12.6. The maximum atomic E-state index is 12.6. The van der Waals surface area contributed by atoms with Crippen molar-refractivity contribution in [2.45, 2.75) is 0 Å². The lowest BCUT2D eigenvalue weighted by Crippen LogP contribution is -2.13. The van der Waals surface area contributed by atoms with Crippen LogP contribution < -0.4 is 15.6 Å². The van der Waals surface area contributed by atoms with Crippen LogP contribution in [0.3, 0.4) is 0 Å². The highest BCUT2D eigenvalue weighted by Crippen LogP contribution is 2.27. The fraction of sp³-hybridized carbons (Fsp3) is 0.0556. The first-order valence-corrected chi connectivity index (χ1v) is 7.59. The van der Waals surface area contributed by atoms with Crippen LogP contribution in [0, 0.1) is 0 Å². The SMILES string of the molecule is COc1ccccc1Nc1nc2nccc(-c3ccco3)c2c(=O)[nH]1. The van der Waals surface area contributed by atoms with Gasteiger partial charge in [0.2, 0.25) is 5.95 Å². The molecule has 25 heavy (non-hydrogen) atoms. The minimum Gasteiger partial charge on any atom is -0.495 e. The molecule has 4 rings (SSSR count). The fourth-order valence-corrected chi connectivity index (χ4v) is 2.64. The van der Waals surface area contributed by atoms with Crippen LogP contribution in [-0.2, 0) is 0 Å². The first-order valence-electron chi connectivity index (χ1n) is 7.59. The van der Waals surface area contributed by atoms with Crippen LogP contribution in [0.25, 0.3) is 22.4 Å². The Morgan fingerprint density at radius 2 is 2.04 bits per heavy atom. The predicted molar refractivity (Wildman–Crippen MR) is 94.1 cm³/mol. The van der Waals surface area contributed by atoms with Crippen molar-refractivity contribution in [3.63, 3.8) is 0 Å². The second kappa shape index (κ2) is 6.12. The van der Waals surface area contributed by atoms with Crippen molar-refractivity contribution in [1.29, 1.82) is 0 Å². The second-order valence-electron chi connectivity index (χ2n) is 5.27. The molecule has 0 saturated carbocycles. The number of benzene rings is 1. The number of pyridine rings is 1. The van der Waals surface area contributed by atoms with Crippen molar-refractivity contribution in [1.82, 2.24) is 15.0 Å². The van der Waals surface area contributed by atoms with Crippen molar-refractivity contribution in [3.8, 4) is 17.1 Å². The van der Waals surface area contributed by atoms with Crippen LogP contribution in [0.5, 0.6) is 5.75 Å². The third-order valence-corrected chi connectivity index (χ3v) is 3.75. The molecule has 0 atom stereocenters.